The van der Waals surface area contributed by atoms with Gasteiger partial charge in [-0.3, -0.25) is 4.79 Å². The lowest BCUT2D eigenvalue weighted by molar-refractivity contribution is -0.123. The van der Waals surface area contributed by atoms with Gasteiger partial charge in [0.05, 0.1) is 12.6 Å². The number of benzene rings is 1. The van der Waals surface area contributed by atoms with Crippen LogP contribution in [-0.2, 0) is 11.2 Å². The molecule has 4 heteroatoms. The molecule has 0 aliphatic carbocycles. The summed E-state index contributed by atoms with van der Waals surface area (Å²) in [5.74, 6) is -0.0200. The van der Waals surface area contributed by atoms with Crippen molar-refractivity contribution < 1.29 is 9.90 Å². The van der Waals surface area contributed by atoms with E-state index in [1.807, 2.05) is 44.2 Å². The molecule has 0 aromatic heterocycles. The molecule has 1 rings (SSSR count). The minimum atomic E-state index is -0.299. The molecule has 2 unspecified atom stereocenters. The van der Waals surface area contributed by atoms with Crippen LogP contribution in [-0.4, -0.2) is 36.2 Å². The zero-order chi connectivity index (χ0) is 14.1. The quantitative estimate of drug-likeness (QED) is 0.659. The van der Waals surface area contributed by atoms with Crippen molar-refractivity contribution in [3.63, 3.8) is 0 Å². The van der Waals surface area contributed by atoms with Crippen LogP contribution >= 0.6 is 0 Å². The van der Waals surface area contributed by atoms with Gasteiger partial charge in [-0.25, -0.2) is 0 Å². The van der Waals surface area contributed by atoms with Gasteiger partial charge < -0.3 is 15.7 Å². The van der Waals surface area contributed by atoms with Crippen molar-refractivity contribution in [2.75, 3.05) is 13.2 Å². The van der Waals surface area contributed by atoms with Crippen LogP contribution in [0.1, 0.15) is 25.8 Å². The summed E-state index contributed by atoms with van der Waals surface area (Å²) in [5.41, 5.74) is 1.15. The first-order valence-corrected chi connectivity index (χ1v) is 6.86. The van der Waals surface area contributed by atoms with Crippen molar-refractivity contribution in [2.45, 2.75) is 38.8 Å². The van der Waals surface area contributed by atoms with Crippen LogP contribution in [0.25, 0.3) is 0 Å². The molecule has 0 aliphatic heterocycles. The maximum absolute atomic E-state index is 11.8. The molecule has 19 heavy (non-hydrogen) atoms. The fraction of sp³-hybridized carbons (Fsp3) is 0.533. The Morgan fingerprint density at radius 3 is 2.58 bits per heavy atom. The Hall–Kier alpha value is -1.39. The Morgan fingerprint density at radius 2 is 2.00 bits per heavy atom. The molecule has 0 radical (unpaired) electrons. The van der Waals surface area contributed by atoms with E-state index in [2.05, 4.69) is 10.6 Å². The molecule has 4 nitrogen and oxygen atoms in total. The molecular formula is C15H24N2O2. The summed E-state index contributed by atoms with van der Waals surface area (Å²) < 4.78 is 0. The minimum Gasteiger partial charge on any atom is -0.395 e. The molecule has 0 saturated heterocycles. The number of aliphatic hydroxyl groups is 1. The predicted molar refractivity (Wildman–Crippen MR) is 76.9 cm³/mol. The van der Waals surface area contributed by atoms with Crippen LogP contribution in [0.2, 0.25) is 0 Å². The molecule has 1 amide bonds. The Balaban J connectivity index is 2.45. The number of rotatable bonds is 8. The predicted octanol–water partition coefficient (Wildman–Crippen LogP) is 1.09. The van der Waals surface area contributed by atoms with Gasteiger partial charge in [0.15, 0.2) is 0 Å². The molecule has 2 atom stereocenters. The van der Waals surface area contributed by atoms with E-state index in [4.69, 9.17) is 0 Å². The fourth-order valence-electron chi connectivity index (χ4n) is 1.91. The van der Waals surface area contributed by atoms with Gasteiger partial charge in [0, 0.05) is 12.6 Å². The second kappa shape index (κ2) is 8.67. The number of nitrogens with one attached hydrogen (secondary N) is 2. The van der Waals surface area contributed by atoms with Gasteiger partial charge in [-0.05, 0) is 25.3 Å². The maximum Gasteiger partial charge on any atom is 0.236 e. The highest BCUT2D eigenvalue weighted by Gasteiger charge is 2.17. The van der Waals surface area contributed by atoms with Crippen molar-refractivity contribution in [3.8, 4) is 0 Å². The molecule has 0 bridgehead atoms. The third kappa shape index (κ3) is 5.85. The normalized spacial score (nSPS) is 13.8. The first kappa shape index (κ1) is 15.7. The monoisotopic (exact) mass is 264 g/mol. The zero-order valence-corrected chi connectivity index (χ0v) is 11.7. The molecule has 0 saturated carbocycles. The molecule has 0 heterocycles. The number of aliphatic hydroxyl groups excluding tert-OH is 1. The van der Waals surface area contributed by atoms with E-state index in [0.717, 1.165) is 12.0 Å². The lowest BCUT2D eigenvalue weighted by Crippen LogP contribution is -2.48. The minimum absolute atomic E-state index is 0.0142. The number of hydrogen-bond acceptors (Lipinski definition) is 3. The largest absolute Gasteiger partial charge is 0.395 e. The summed E-state index contributed by atoms with van der Waals surface area (Å²) in [4.78, 5) is 11.8. The van der Waals surface area contributed by atoms with Crippen LogP contribution in [0.15, 0.2) is 30.3 Å². The highest BCUT2D eigenvalue weighted by molar-refractivity contribution is 5.81. The molecule has 1 aromatic carbocycles. The third-order valence-corrected chi connectivity index (χ3v) is 2.97. The van der Waals surface area contributed by atoms with Crippen LogP contribution < -0.4 is 10.6 Å². The summed E-state index contributed by atoms with van der Waals surface area (Å²) in [7, 11) is 0. The van der Waals surface area contributed by atoms with Crippen molar-refractivity contribution in [3.05, 3.63) is 35.9 Å². The third-order valence-electron chi connectivity index (χ3n) is 2.97. The zero-order valence-electron chi connectivity index (χ0n) is 11.7. The van der Waals surface area contributed by atoms with Crippen LogP contribution in [0, 0.1) is 0 Å². The van der Waals surface area contributed by atoms with Gasteiger partial charge in [0.1, 0.15) is 0 Å². The van der Waals surface area contributed by atoms with E-state index in [0.29, 0.717) is 13.0 Å². The van der Waals surface area contributed by atoms with Gasteiger partial charge in [-0.2, -0.15) is 0 Å². The molecule has 1 aromatic rings. The van der Waals surface area contributed by atoms with Crippen LogP contribution in [0.3, 0.4) is 0 Å². The smallest absolute Gasteiger partial charge is 0.236 e. The van der Waals surface area contributed by atoms with Crippen molar-refractivity contribution >= 4 is 5.91 Å². The number of amides is 1. The van der Waals surface area contributed by atoms with E-state index in [9.17, 15) is 9.90 Å². The second-order valence-electron chi connectivity index (χ2n) is 4.75. The Bertz CT molecular complexity index is 368. The molecule has 3 N–H and O–H groups in total. The average Bonchev–Trinajstić information content (AvgIpc) is 2.44. The molecular weight excluding hydrogens is 240 g/mol. The van der Waals surface area contributed by atoms with E-state index >= 15 is 0 Å². The van der Waals surface area contributed by atoms with E-state index in [1.54, 1.807) is 0 Å². The lowest BCUT2D eigenvalue weighted by Gasteiger charge is -2.21. The first-order valence-electron chi connectivity index (χ1n) is 6.86. The summed E-state index contributed by atoms with van der Waals surface area (Å²) in [5, 5.41) is 15.4. The summed E-state index contributed by atoms with van der Waals surface area (Å²) in [6, 6.07) is 9.55. The SMILES string of the molecule is CCCNC(=O)C(C)NC(CO)Cc1ccccc1. The number of carbonyl (C=O) groups excluding carboxylic acids is 1. The summed E-state index contributed by atoms with van der Waals surface area (Å²) in [6.07, 6.45) is 1.63. The first-order chi connectivity index (χ1) is 9.17. The summed E-state index contributed by atoms with van der Waals surface area (Å²) in [6.45, 7) is 4.54. The van der Waals surface area contributed by atoms with Crippen molar-refractivity contribution in [1.82, 2.24) is 10.6 Å². The van der Waals surface area contributed by atoms with E-state index < -0.39 is 0 Å². The molecule has 106 valence electrons. The molecule has 0 spiro atoms. The number of hydrogen-bond donors (Lipinski definition) is 3. The number of carbonyl (C=O) groups is 1. The highest BCUT2D eigenvalue weighted by atomic mass is 16.3. The van der Waals surface area contributed by atoms with E-state index in [1.165, 1.54) is 0 Å². The fourth-order valence-corrected chi connectivity index (χ4v) is 1.91. The summed E-state index contributed by atoms with van der Waals surface area (Å²) >= 11 is 0. The molecule has 0 aliphatic rings. The van der Waals surface area contributed by atoms with Gasteiger partial charge in [0.2, 0.25) is 5.91 Å². The maximum atomic E-state index is 11.8. The molecule has 0 fully saturated rings. The average molecular weight is 264 g/mol. The second-order valence-corrected chi connectivity index (χ2v) is 4.75. The topological polar surface area (TPSA) is 61.4 Å². The highest BCUT2D eigenvalue weighted by Crippen LogP contribution is 2.03. The van der Waals surface area contributed by atoms with Crippen molar-refractivity contribution in [2.24, 2.45) is 0 Å². The van der Waals surface area contributed by atoms with Crippen molar-refractivity contribution in [1.29, 1.82) is 0 Å². The lowest BCUT2D eigenvalue weighted by atomic mass is 10.1. The van der Waals surface area contributed by atoms with Crippen LogP contribution in [0.5, 0.6) is 0 Å². The van der Waals surface area contributed by atoms with E-state index in [-0.39, 0.29) is 24.6 Å². The van der Waals surface area contributed by atoms with Crippen LogP contribution in [0.4, 0.5) is 0 Å². The Morgan fingerprint density at radius 1 is 1.32 bits per heavy atom. The van der Waals surface area contributed by atoms with Gasteiger partial charge in [0.25, 0.3) is 0 Å². The van der Waals surface area contributed by atoms with Gasteiger partial charge in [-0.1, -0.05) is 37.3 Å². The van der Waals surface area contributed by atoms with Gasteiger partial charge >= 0.3 is 0 Å². The Kier molecular flexibility index (Phi) is 7.15. The Labute approximate surface area is 115 Å². The standard InChI is InChI=1S/C15H24N2O2/c1-3-9-16-15(19)12(2)17-14(11-18)10-13-7-5-4-6-8-13/h4-8,12,14,17-18H,3,9-11H2,1-2H3,(H,16,19). The van der Waals surface area contributed by atoms with Gasteiger partial charge in [-0.15, -0.1) is 0 Å².